The number of rotatable bonds is 7. The minimum Gasteiger partial charge on any atom is -0.492 e. The first-order chi connectivity index (χ1) is 13.5. The second-order valence-electron chi connectivity index (χ2n) is 7.42. The smallest absolute Gasteiger partial charge is 0.319 e. The lowest BCUT2D eigenvalue weighted by molar-refractivity contribution is 0.175. The van der Waals surface area contributed by atoms with E-state index >= 15 is 0 Å². The molecule has 2 N–H and O–H groups in total. The Morgan fingerprint density at radius 1 is 1.25 bits per heavy atom. The maximum absolute atomic E-state index is 12.3. The SMILES string of the molecule is CCOc1ccccc1NC(=O)NCC1CCN(Cc2cc(C)oc2C)CC1. The Kier molecular flexibility index (Phi) is 6.98. The quantitative estimate of drug-likeness (QED) is 0.744. The summed E-state index contributed by atoms with van der Waals surface area (Å²) in [5.74, 6) is 3.20. The van der Waals surface area contributed by atoms with Crippen LogP contribution in [0.15, 0.2) is 34.7 Å². The van der Waals surface area contributed by atoms with Crippen LogP contribution in [0.25, 0.3) is 0 Å². The fourth-order valence-corrected chi connectivity index (χ4v) is 3.68. The summed E-state index contributed by atoms with van der Waals surface area (Å²) in [7, 11) is 0. The van der Waals surface area contributed by atoms with E-state index in [-0.39, 0.29) is 6.03 Å². The van der Waals surface area contributed by atoms with Crippen LogP contribution < -0.4 is 15.4 Å². The zero-order valence-electron chi connectivity index (χ0n) is 17.1. The van der Waals surface area contributed by atoms with E-state index in [9.17, 15) is 4.79 Å². The lowest BCUT2D eigenvalue weighted by Gasteiger charge is -2.31. The molecule has 0 radical (unpaired) electrons. The van der Waals surface area contributed by atoms with Crippen molar-refractivity contribution in [3.8, 4) is 5.75 Å². The average Bonchev–Trinajstić information content (AvgIpc) is 3.00. The Labute approximate surface area is 167 Å². The van der Waals surface area contributed by atoms with Gasteiger partial charge in [-0.25, -0.2) is 4.79 Å². The van der Waals surface area contributed by atoms with Gasteiger partial charge in [0.2, 0.25) is 0 Å². The van der Waals surface area contributed by atoms with Gasteiger partial charge in [-0.05, 0) is 70.8 Å². The molecule has 6 heteroatoms. The molecule has 0 bridgehead atoms. The van der Waals surface area contributed by atoms with Gasteiger partial charge < -0.3 is 19.8 Å². The van der Waals surface area contributed by atoms with E-state index in [1.165, 1.54) is 5.56 Å². The predicted octanol–water partition coefficient (Wildman–Crippen LogP) is 4.33. The van der Waals surface area contributed by atoms with Gasteiger partial charge >= 0.3 is 6.03 Å². The number of hydrogen-bond donors (Lipinski definition) is 2. The molecule has 0 aliphatic carbocycles. The number of carbonyl (C=O) groups excluding carboxylic acids is 1. The second-order valence-corrected chi connectivity index (χ2v) is 7.42. The normalized spacial score (nSPS) is 15.4. The third-order valence-corrected chi connectivity index (χ3v) is 5.23. The van der Waals surface area contributed by atoms with Crippen LogP contribution in [0.5, 0.6) is 5.75 Å². The van der Waals surface area contributed by atoms with E-state index in [0.29, 0.717) is 30.5 Å². The summed E-state index contributed by atoms with van der Waals surface area (Å²) in [6.45, 7) is 10.2. The fourth-order valence-electron chi connectivity index (χ4n) is 3.68. The molecule has 0 spiro atoms. The Balaban J connectivity index is 1.40. The molecule has 1 aliphatic rings. The molecule has 0 atom stereocenters. The van der Waals surface area contributed by atoms with E-state index in [2.05, 4.69) is 21.6 Å². The van der Waals surface area contributed by atoms with Crippen LogP contribution in [-0.2, 0) is 6.54 Å². The highest BCUT2D eigenvalue weighted by Gasteiger charge is 2.21. The van der Waals surface area contributed by atoms with Gasteiger partial charge in [-0.3, -0.25) is 4.90 Å². The summed E-state index contributed by atoms with van der Waals surface area (Å²) in [6, 6.07) is 9.44. The number of para-hydroxylation sites is 2. The van der Waals surface area contributed by atoms with Crippen molar-refractivity contribution < 1.29 is 13.9 Å². The molecule has 1 aromatic heterocycles. The number of likely N-dealkylation sites (tertiary alicyclic amines) is 1. The second kappa shape index (κ2) is 9.64. The van der Waals surface area contributed by atoms with Gasteiger partial charge in [0.25, 0.3) is 0 Å². The van der Waals surface area contributed by atoms with Crippen molar-refractivity contribution >= 4 is 11.7 Å². The van der Waals surface area contributed by atoms with Crippen molar-refractivity contribution in [1.82, 2.24) is 10.2 Å². The third kappa shape index (κ3) is 5.52. The summed E-state index contributed by atoms with van der Waals surface area (Å²) >= 11 is 0. The topological polar surface area (TPSA) is 66.7 Å². The molecule has 3 rings (SSSR count). The van der Waals surface area contributed by atoms with Crippen molar-refractivity contribution in [1.29, 1.82) is 0 Å². The number of ether oxygens (including phenoxy) is 1. The fraction of sp³-hybridized carbons (Fsp3) is 0.500. The summed E-state index contributed by atoms with van der Waals surface area (Å²) in [4.78, 5) is 14.7. The monoisotopic (exact) mass is 385 g/mol. The highest BCUT2D eigenvalue weighted by Crippen LogP contribution is 2.24. The first-order valence-electron chi connectivity index (χ1n) is 10.1. The van der Waals surface area contributed by atoms with E-state index in [4.69, 9.17) is 9.15 Å². The molecule has 2 aromatic rings. The zero-order valence-corrected chi connectivity index (χ0v) is 17.1. The average molecular weight is 386 g/mol. The summed E-state index contributed by atoms with van der Waals surface area (Å²) < 4.78 is 11.2. The molecule has 1 aliphatic heterocycles. The lowest BCUT2D eigenvalue weighted by atomic mass is 9.96. The number of nitrogens with one attached hydrogen (secondary N) is 2. The van der Waals surface area contributed by atoms with Crippen LogP contribution in [0.3, 0.4) is 0 Å². The van der Waals surface area contributed by atoms with Crippen molar-refractivity contribution in [3.05, 3.63) is 47.4 Å². The van der Waals surface area contributed by atoms with Crippen LogP contribution in [0, 0.1) is 19.8 Å². The molecule has 28 heavy (non-hydrogen) atoms. The van der Waals surface area contributed by atoms with Crippen LogP contribution >= 0.6 is 0 Å². The standard InChI is InChI=1S/C22H31N3O3/c1-4-27-21-8-6-5-7-20(21)24-22(26)23-14-18-9-11-25(12-10-18)15-19-13-16(2)28-17(19)3/h5-8,13,18H,4,9-12,14-15H2,1-3H3,(H2,23,24,26). The highest BCUT2D eigenvalue weighted by atomic mass is 16.5. The minimum atomic E-state index is -0.181. The Morgan fingerprint density at radius 3 is 2.68 bits per heavy atom. The minimum absolute atomic E-state index is 0.181. The summed E-state index contributed by atoms with van der Waals surface area (Å²) in [5, 5.41) is 5.90. The van der Waals surface area contributed by atoms with Gasteiger partial charge in [0.15, 0.2) is 0 Å². The number of amides is 2. The largest absolute Gasteiger partial charge is 0.492 e. The van der Waals surface area contributed by atoms with Gasteiger partial charge in [-0.15, -0.1) is 0 Å². The molecule has 6 nitrogen and oxygen atoms in total. The predicted molar refractivity (Wildman–Crippen MR) is 111 cm³/mol. The van der Waals surface area contributed by atoms with E-state index in [0.717, 1.165) is 44.0 Å². The number of benzene rings is 1. The van der Waals surface area contributed by atoms with Gasteiger partial charge in [0, 0.05) is 18.7 Å². The lowest BCUT2D eigenvalue weighted by Crippen LogP contribution is -2.39. The Morgan fingerprint density at radius 2 is 2.00 bits per heavy atom. The molecule has 0 saturated carbocycles. The molecule has 0 unspecified atom stereocenters. The number of furan rings is 1. The van der Waals surface area contributed by atoms with E-state index in [1.54, 1.807) is 0 Å². The van der Waals surface area contributed by atoms with Crippen molar-refractivity contribution in [2.24, 2.45) is 5.92 Å². The van der Waals surface area contributed by atoms with Crippen molar-refractivity contribution in [2.75, 3.05) is 31.6 Å². The number of nitrogens with zero attached hydrogens (tertiary/aromatic N) is 1. The van der Waals surface area contributed by atoms with E-state index in [1.807, 2.05) is 45.0 Å². The van der Waals surface area contributed by atoms with E-state index < -0.39 is 0 Å². The number of hydrogen-bond acceptors (Lipinski definition) is 4. The van der Waals surface area contributed by atoms with Crippen molar-refractivity contribution in [2.45, 2.75) is 40.2 Å². The molecule has 1 fully saturated rings. The highest BCUT2D eigenvalue weighted by molar-refractivity contribution is 5.90. The first-order valence-corrected chi connectivity index (χ1v) is 10.1. The molecular formula is C22H31N3O3. The molecular weight excluding hydrogens is 354 g/mol. The van der Waals surface area contributed by atoms with Gasteiger partial charge in [-0.1, -0.05) is 12.1 Å². The molecule has 2 amide bonds. The molecule has 2 heterocycles. The number of aryl methyl sites for hydroxylation is 2. The van der Waals surface area contributed by atoms with Gasteiger partial charge in [-0.2, -0.15) is 0 Å². The Bertz CT molecular complexity index is 779. The number of carbonyl (C=O) groups is 1. The van der Waals surface area contributed by atoms with Gasteiger partial charge in [0.1, 0.15) is 17.3 Å². The van der Waals surface area contributed by atoms with Crippen LogP contribution in [-0.4, -0.2) is 37.2 Å². The van der Waals surface area contributed by atoms with Gasteiger partial charge in [0.05, 0.1) is 12.3 Å². The summed E-state index contributed by atoms with van der Waals surface area (Å²) in [6.07, 6.45) is 2.18. The first kappa shape index (κ1) is 20.3. The number of anilines is 1. The molecule has 1 saturated heterocycles. The third-order valence-electron chi connectivity index (χ3n) is 5.23. The van der Waals surface area contributed by atoms with Crippen molar-refractivity contribution in [3.63, 3.8) is 0 Å². The van der Waals surface area contributed by atoms with Crippen LogP contribution in [0.1, 0.15) is 36.8 Å². The van der Waals surface area contributed by atoms with Crippen LogP contribution in [0.4, 0.5) is 10.5 Å². The molecule has 1 aromatic carbocycles. The van der Waals surface area contributed by atoms with Crippen LogP contribution in [0.2, 0.25) is 0 Å². The maximum Gasteiger partial charge on any atom is 0.319 e. The molecule has 152 valence electrons. The zero-order chi connectivity index (χ0) is 19.9. The maximum atomic E-state index is 12.3. The number of piperidine rings is 1. The number of urea groups is 1. The Hall–Kier alpha value is -2.47. The summed E-state index contributed by atoms with van der Waals surface area (Å²) in [5.41, 5.74) is 1.98.